The van der Waals surface area contributed by atoms with Crippen LogP contribution >= 0.6 is 0 Å². The smallest absolute Gasteiger partial charge is 0.132 e. The van der Waals surface area contributed by atoms with Crippen LogP contribution in [0.4, 0.5) is 4.39 Å². The molecule has 0 aromatic heterocycles. The first kappa shape index (κ1) is 9.97. The van der Waals surface area contributed by atoms with Crippen LogP contribution in [0.1, 0.15) is 6.92 Å². The largest absolute Gasteiger partial charge is 0.483 e. The van der Waals surface area contributed by atoms with Gasteiger partial charge in [0.2, 0.25) is 0 Å². The van der Waals surface area contributed by atoms with Gasteiger partial charge in [-0.3, -0.25) is 0 Å². The summed E-state index contributed by atoms with van der Waals surface area (Å²) in [6.45, 7) is 1.95. The zero-order valence-electron chi connectivity index (χ0n) is 8.48. The van der Waals surface area contributed by atoms with Crippen LogP contribution in [0.3, 0.4) is 0 Å². The van der Waals surface area contributed by atoms with Crippen molar-refractivity contribution in [2.45, 2.75) is 12.5 Å². The summed E-state index contributed by atoms with van der Waals surface area (Å²) < 4.78 is 18.4. The zero-order valence-corrected chi connectivity index (χ0v) is 8.48. The maximum absolute atomic E-state index is 12.7. The molecule has 1 aromatic rings. The van der Waals surface area contributed by atoms with E-state index in [0.717, 1.165) is 0 Å². The highest BCUT2D eigenvalue weighted by Gasteiger charge is 2.23. The predicted octanol–water partition coefficient (Wildman–Crippen LogP) is 3.29. The van der Waals surface area contributed by atoms with Crippen LogP contribution in [-0.2, 0) is 0 Å². The van der Waals surface area contributed by atoms with Crippen LogP contribution in [-0.4, -0.2) is 5.60 Å². The van der Waals surface area contributed by atoms with Crippen molar-refractivity contribution in [3.05, 3.63) is 60.8 Å². The fourth-order valence-electron chi connectivity index (χ4n) is 1.44. The van der Waals surface area contributed by atoms with Crippen molar-refractivity contribution in [3.63, 3.8) is 0 Å². The summed E-state index contributed by atoms with van der Waals surface area (Å²) in [6.07, 6.45) is 9.72. The van der Waals surface area contributed by atoms with E-state index in [4.69, 9.17) is 4.74 Å². The van der Waals surface area contributed by atoms with Gasteiger partial charge in [0.1, 0.15) is 17.2 Å². The van der Waals surface area contributed by atoms with Crippen molar-refractivity contribution < 1.29 is 9.13 Å². The van der Waals surface area contributed by atoms with Crippen LogP contribution in [0.15, 0.2) is 48.6 Å². The molecule has 0 bridgehead atoms. The molecule has 2 rings (SSSR count). The molecule has 1 nitrogen and oxygen atoms in total. The Bertz CT molecular complexity index is 392. The van der Waals surface area contributed by atoms with Gasteiger partial charge in [-0.25, -0.2) is 4.39 Å². The van der Waals surface area contributed by atoms with Crippen molar-refractivity contribution in [1.29, 1.82) is 0 Å². The summed E-state index contributed by atoms with van der Waals surface area (Å²) in [6, 6.07) is 6.03. The molecular weight excluding hydrogens is 191 g/mol. The van der Waals surface area contributed by atoms with Crippen LogP contribution in [0, 0.1) is 12.2 Å². The molecule has 0 spiro atoms. The molecule has 1 aromatic carbocycles. The Hall–Kier alpha value is -1.57. The summed E-state index contributed by atoms with van der Waals surface area (Å²) in [7, 11) is 0. The highest BCUT2D eigenvalue weighted by molar-refractivity contribution is 5.31. The molecule has 1 unspecified atom stereocenters. The fraction of sp³-hybridized carbons (Fsp3) is 0.154. The van der Waals surface area contributed by atoms with Gasteiger partial charge in [-0.15, -0.1) is 0 Å². The molecular formula is C13H12FO. The molecule has 0 saturated heterocycles. The molecule has 77 valence electrons. The van der Waals surface area contributed by atoms with E-state index < -0.39 is 5.60 Å². The first-order valence-corrected chi connectivity index (χ1v) is 4.83. The van der Waals surface area contributed by atoms with E-state index in [1.165, 1.54) is 12.1 Å². The Morgan fingerprint density at radius 1 is 1.07 bits per heavy atom. The molecule has 1 radical (unpaired) electrons. The third-order valence-corrected chi connectivity index (χ3v) is 2.23. The number of benzene rings is 1. The predicted molar refractivity (Wildman–Crippen MR) is 58.0 cm³/mol. The van der Waals surface area contributed by atoms with Crippen molar-refractivity contribution >= 4 is 0 Å². The van der Waals surface area contributed by atoms with Gasteiger partial charge in [0.15, 0.2) is 0 Å². The highest BCUT2D eigenvalue weighted by Crippen LogP contribution is 2.24. The van der Waals surface area contributed by atoms with E-state index in [-0.39, 0.29) is 5.82 Å². The van der Waals surface area contributed by atoms with Gasteiger partial charge < -0.3 is 4.74 Å². The Morgan fingerprint density at radius 2 is 1.80 bits per heavy atom. The van der Waals surface area contributed by atoms with Crippen molar-refractivity contribution in [3.8, 4) is 5.75 Å². The first-order chi connectivity index (χ1) is 7.18. The Morgan fingerprint density at radius 3 is 2.40 bits per heavy atom. The van der Waals surface area contributed by atoms with Gasteiger partial charge in [0.25, 0.3) is 0 Å². The first-order valence-electron chi connectivity index (χ1n) is 4.83. The average molecular weight is 203 g/mol. The van der Waals surface area contributed by atoms with Gasteiger partial charge >= 0.3 is 0 Å². The average Bonchev–Trinajstić information content (AvgIpc) is 2.22. The van der Waals surface area contributed by atoms with E-state index in [9.17, 15) is 4.39 Å². The Kier molecular flexibility index (Phi) is 2.58. The van der Waals surface area contributed by atoms with Crippen LogP contribution < -0.4 is 4.74 Å². The van der Waals surface area contributed by atoms with Gasteiger partial charge in [0.05, 0.1) is 0 Å². The van der Waals surface area contributed by atoms with Gasteiger partial charge in [-0.2, -0.15) is 0 Å². The maximum atomic E-state index is 12.7. The Labute approximate surface area is 88.9 Å². The zero-order chi connectivity index (χ0) is 10.7. The van der Waals surface area contributed by atoms with E-state index in [1.807, 2.05) is 37.6 Å². The van der Waals surface area contributed by atoms with Crippen molar-refractivity contribution in [2.75, 3.05) is 0 Å². The minimum atomic E-state index is -0.438. The summed E-state index contributed by atoms with van der Waals surface area (Å²) in [5.41, 5.74) is -0.438. The number of ether oxygens (including phenoxy) is 1. The summed E-state index contributed by atoms with van der Waals surface area (Å²) in [5, 5.41) is 0. The number of hydrogen-bond acceptors (Lipinski definition) is 1. The quantitative estimate of drug-likeness (QED) is 0.716. The second-order valence-electron chi connectivity index (χ2n) is 3.65. The molecule has 0 saturated carbocycles. The molecule has 1 aliphatic carbocycles. The van der Waals surface area contributed by atoms with Crippen molar-refractivity contribution in [2.24, 2.45) is 0 Å². The molecule has 0 amide bonds. The molecule has 0 aliphatic heterocycles. The second kappa shape index (κ2) is 3.89. The highest BCUT2D eigenvalue weighted by atomic mass is 19.1. The van der Waals surface area contributed by atoms with Gasteiger partial charge in [-0.05, 0) is 37.3 Å². The standard InChI is InChI=1S/C13H12FO/c1-13(9-3-2-4-10-13)15-12-7-5-11(14)6-8-12/h2-10H,1H3. The number of halogens is 1. The fourth-order valence-corrected chi connectivity index (χ4v) is 1.44. The third-order valence-electron chi connectivity index (χ3n) is 2.23. The lowest BCUT2D eigenvalue weighted by molar-refractivity contribution is 0.178. The van der Waals surface area contributed by atoms with Crippen LogP contribution in [0.5, 0.6) is 5.75 Å². The lowest BCUT2D eigenvalue weighted by Gasteiger charge is -2.27. The molecule has 0 fully saturated rings. The normalized spacial score (nSPS) is 24.1. The topological polar surface area (TPSA) is 9.23 Å². The lowest BCUT2D eigenvalue weighted by atomic mass is 9.97. The van der Waals surface area contributed by atoms with Gasteiger partial charge in [0, 0.05) is 6.42 Å². The molecule has 0 N–H and O–H groups in total. The van der Waals surface area contributed by atoms with E-state index in [1.54, 1.807) is 12.1 Å². The van der Waals surface area contributed by atoms with E-state index in [0.29, 0.717) is 5.75 Å². The number of rotatable bonds is 2. The summed E-state index contributed by atoms with van der Waals surface area (Å²) in [4.78, 5) is 0. The second-order valence-corrected chi connectivity index (χ2v) is 3.65. The summed E-state index contributed by atoms with van der Waals surface area (Å²) in [5.74, 6) is 0.408. The number of hydrogen-bond donors (Lipinski definition) is 0. The molecule has 1 atom stereocenters. The molecule has 2 heteroatoms. The molecule has 0 heterocycles. The maximum Gasteiger partial charge on any atom is 0.132 e. The van der Waals surface area contributed by atoms with Gasteiger partial charge in [-0.1, -0.05) is 18.2 Å². The lowest BCUT2D eigenvalue weighted by Crippen LogP contribution is -2.30. The number of allylic oxidation sites excluding steroid dienone is 2. The van der Waals surface area contributed by atoms with Crippen molar-refractivity contribution in [1.82, 2.24) is 0 Å². The minimum Gasteiger partial charge on any atom is -0.483 e. The molecule has 1 aliphatic rings. The summed E-state index contributed by atoms with van der Waals surface area (Å²) >= 11 is 0. The van der Waals surface area contributed by atoms with E-state index >= 15 is 0 Å². The monoisotopic (exact) mass is 203 g/mol. The Balaban J connectivity index is 2.11. The molecule has 15 heavy (non-hydrogen) atoms. The third kappa shape index (κ3) is 2.46. The van der Waals surface area contributed by atoms with E-state index in [2.05, 4.69) is 0 Å². The minimum absolute atomic E-state index is 0.254. The SMILES string of the molecule is CC1(Oc2ccc(F)cc2)[CH]C=CC=C1. The van der Waals surface area contributed by atoms with Crippen LogP contribution in [0.2, 0.25) is 0 Å². The van der Waals surface area contributed by atoms with Crippen LogP contribution in [0.25, 0.3) is 0 Å².